The van der Waals surface area contributed by atoms with Gasteiger partial charge in [0.15, 0.2) is 0 Å². The van der Waals surface area contributed by atoms with Crippen LogP contribution in [0.4, 0.5) is 0 Å². The Morgan fingerprint density at radius 3 is 2.78 bits per heavy atom. The Morgan fingerprint density at radius 1 is 1.56 bits per heavy atom. The highest BCUT2D eigenvalue weighted by molar-refractivity contribution is 9.10. The Kier molecular flexibility index (Phi) is 6.07. The van der Waals surface area contributed by atoms with Crippen LogP contribution in [-0.4, -0.2) is 33.5 Å². The van der Waals surface area contributed by atoms with Crippen LogP contribution >= 0.6 is 15.9 Å². The molecule has 1 aromatic rings. The van der Waals surface area contributed by atoms with Gasteiger partial charge in [-0.25, -0.2) is 0 Å². The van der Waals surface area contributed by atoms with E-state index in [1.165, 1.54) is 0 Å². The highest BCUT2D eigenvalue weighted by Gasteiger charge is 2.11. The van der Waals surface area contributed by atoms with Crippen molar-refractivity contribution < 1.29 is 5.21 Å². The Balaban J connectivity index is 2.60. The number of pyridine rings is 1. The van der Waals surface area contributed by atoms with Crippen LogP contribution in [0.15, 0.2) is 28.0 Å². The van der Waals surface area contributed by atoms with Gasteiger partial charge in [-0.15, -0.1) is 0 Å². The maximum atomic E-state index is 8.53. The second-order valence-electron chi connectivity index (χ2n) is 4.37. The first-order chi connectivity index (χ1) is 8.52. The normalized spacial score (nSPS) is 12.4. The number of amidine groups is 1. The Hall–Kier alpha value is -1.14. The van der Waals surface area contributed by atoms with Crippen molar-refractivity contribution in [3.05, 3.63) is 28.5 Å². The minimum atomic E-state index is 0.254. The molecule has 0 aliphatic rings. The average molecular weight is 315 g/mol. The molecular weight excluding hydrogens is 296 g/mol. The van der Waals surface area contributed by atoms with Crippen LogP contribution in [0.5, 0.6) is 0 Å². The first kappa shape index (κ1) is 14.9. The van der Waals surface area contributed by atoms with Gasteiger partial charge in [0.1, 0.15) is 5.84 Å². The number of hydrogen-bond acceptors (Lipinski definition) is 4. The zero-order valence-corrected chi connectivity index (χ0v) is 12.3. The molecule has 18 heavy (non-hydrogen) atoms. The second kappa shape index (κ2) is 7.33. The van der Waals surface area contributed by atoms with Gasteiger partial charge < -0.3 is 10.9 Å². The fourth-order valence-electron chi connectivity index (χ4n) is 1.54. The largest absolute Gasteiger partial charge is 0.409 e. The van der Waals surface area contributed by atoms with E-state index in [1.54, 1.807) is 6.20 Å². The summed E-state index contributed by atoms with van der Waals surface area (Å²) in [6, 6.07) is 4.34. The molecule has 0 aromatic carbocycles. The molecule has 100 valence electrons. The van der Waals surface area contributed by atoms with Crippen molar-refractivity contribution in [1.82, 2.24) is 9.88 Å². The summed E-state index contributed by atoms with van der Waals surface area (Å²) in [5, 5.41) is 11.5. The van der Waals surface area contributed by atoms with Gasteiger partial charge in [0.2, 0.25) is 0 Å². The quantitative estimate of drug-likeness (QED) is 0.365. The molecular formula is C12H19BrN4O. The number of halogens is 1. The van der Waals surface area contributed by atoms with E-state index in [2.05, 4.69) is 44.8 Å². The summed E-state index contributed by atoms with van der Waals surface area (Å²) >= 11 is 3.36. The smallest absolute Gasteiger partial charge is 0.140 e. The van der Waals surface area contributed by atoms with Gasteiger partial charge in [-0.3, -0.25) is 9.88 Å². The van der Waals surface area contributed by atoms with Crippen molar-refractivity contribution in [3.8, 4) is 0 Å². The summed E-state index contributed by atoms with van der Waals surface area (Å²) in [6.07, 6.45) is 2.34. The summed E-state index contributed by atoms with van der Waals surface area (Å²) < 4.78 is 0.971. The molecule has 0 aliphatic heterocycles. The molecule has 3 N–H and O–H groups in total. The van der Waals surface area contributed by atoms with Crippen molar-refractivity contribution >= 4 is 21.8 Å². The lowest BCUT2D eigenvalue weighted by Gasteiger charge is -2.25. The van der Waals surface area contributed by atoms with Gasteiger partial charge in [0.05, 0.1) is 5.69 Å². The SMILES string of the molecule is CC(C)N(CC/C(N)=N/O)Cc1ccc(Br)cn1. The lowest BCUT2D eigenvalue weighted by molar-refractivity contribution is 0.215. The Morgan fingerprint density at radius 2 is 2.28 bits per heavy atom. The van der Waals surface area contributed by atoms with E-state index in [9.17, 15) is 0 Å². The third-order valence-electron chi connectivity index (χ3n) is 2.67. The topological polar surface area (TPSA) is 74.7 Å². The molecule has 6 heteroatoms. The molecule has 5 nitrogen and oxygen atoms in total. The number of nitrogens with zero attached hydrogens (tertiary/aromatic N) is 3. The zero-order chi connectivity index (χ0) is 13.5. The van der Waals surface area contributed by atoms with Crippen molar-refractivity contribution in [2.75, 3.05) is 6.54 Å². The zero-order valence-electron chi connectivity index (χ0n) is 10.7. The summed E-state index contributed by atoms with van der Waals surface area (Å²) in [6.45, 7) is 5.73. The van der Waals surface area contributed by atoms with Crippen LogP contribution in [0.25, 0.3) is 0 Å². The van der Waals surface area contributed by atoms with Crippen molar-refractivity contribution in [2.24, 2.45) is 10.9 Å². The molecule has 0 fully saturated rings. The van der Waals surface area contributed by atoms with E-state index < -0.39 is 0 Å². The van der Waals surface area contributed by atoms with Crippen LogP contribution in [-0.2, 0) is 6.54 Å². The van der Waals surface area contributed by atoms with Gasteiger partial charge in [0, 0.05) is 36.2 Å². The first-order valence-electron chi connectivity index (χ1n) is 5.83. The van der Waals surface area contributed by atoms with Crippen LogP contribution in [0.3, 0.4) is 0 Å². The van der Waals surface area contributed by atoms with Gasteiger partial charge in [-0.1, -0.05) is 5.16 Å². The fourth-order valence-corrected chi connectivity index (χ4v) is 1.77. The second-order valence-corrected chi connectivity index (χ2v) is 5.29. The minimum Gasteiger partial charge on any atom is -0.409 e. The summed E-state index contributed by atoms with van der Waals surface area (Å²) in [7, 11) is 0. The minimum absolute atomic E-state index is 0.254. The predicted molar refractivity (Wildman–Crippen MR) is 75.5 cm³/mol. The van der Waals surface area contributed by atoms with E-state index in [-0.39, 0.29) is 5.84 Å². The highest BCUT2D eigenvalue weighted by atomic mass is 79.9. The number of nitrogens with two attached hydrogens (primary N) is 1. The van der Waals surface area contributed by atoms with Crippen LogP contribution in [0.1, 0.15) is 26.0 Å². The van der Waals surface area contributed by atoms with Crippen molar-refractivity contribution in [3.63, 3.8) is 0 Å². The average Bonchev–Trinajstić information content (AvgIpc) is 2.35. The van der Waals surface area contributed by atoms with Gasteiger partial charge in [0.25, 0.3) is 0 Å². The number of oxime groups is 1. The third-order valence-corrected chi connectivity index (χ3v) is 3.14. The Bertz CT molecular complexity index is 392. The summed E-state index contributed by atoms with van der Waals surface area (Å²) in [5.41, 5.74) is 6.49. The van der Waals surface area contributed by atoms with Crippen LogP contribution in [0.2, 0.25) is 0 Å². The number of rotatable bonds is 6. The first-order valence-corrected chi connectivity index (χ1v) is 6.63. The summed E-state index contributed by atoms with van der Waals surface area (Å²) in [4.78, 5) is 6.58. The molecule has 0 spiro atoms. The van der Waals surface area contributed by atoms with Crippen molar-refractivity contribution in [2.45, 2.75) is 32.9 Å². The molecule has 0 bridgehead atoms. The molecule has 0 aliphatic carbocycles. The monoisotopic (exact) mass is 314 g/mol. The molecule has 1 rings (SSSR count). The number of aromatic nitrogens is 1. The van der Waals surface area contributed by atoms with E-state index in [0.29, 0.717) is 12.5 Å². The van der Waals surface area contributed by atoms with Crippen molar-refractivity contribution in [1.29, 1.82) is 0 Å². The van der Waals surface area contributed by atoms with E-state index in [1.807, 2.05) is 12.1 Å². The standard InChI is InChI=1S/C12H19BrN4O/c1-9(2)17(6-5-12(14)16-18)8-11-4-3-10(13)7-15-11/h3-4,7,9,18H,5-6,8H2,1-2H3,(H2,14,16). The molecule has 1 heterocycles. The Labute approximate surface area is 116 Å². The molecule has 0 amide bonds. The fraction of sp³-hybridized carbons (Fsp3) is 0.500. The maximum Gasteiger partial charge on any atom is 0.140 e. The van der Waals surface area contributed by atoms with E-state index in [0.717, 1.165) is 23.3 Å². The molecule has 0 radical (unpaired) electrons. The molecule has 0 atom stereocenters. The molecule has 0 saturated carbocycles. The lowest BCUT2D eigenvalue weighted by Crippen LogP contribution is -2.33. The van der Waals surface area contributed by atoms with E-state index >= 15 is 0 Å². The highest BCUT2D eigenvalue weighted by Crippen LogP contribution is 2.11. The van der Waals surface area contributed by atoms with E-state index in [4.69, 9.17) is 10.9 Å². The van der Waals surface area contributed by atoms with Crippen LogP contribution < -0.4 is 5.73 Å². The number of hydrogen-bond donors (Lipinski definition) is 2. The van der Waals surface area contributed by atoms with Gasteiger partial charge in [-0.2, -0.15) is 0 Å². The third kappa shape index (κ3) is 5.01. The molecule has 0 saturated heterocycles. The summed E-state index contributed by atoms with van der Waals surface area (Å²) in [5.74, 6) is 0.254. The van der Waals surface area contributed by atoms with Gasteiger partial charge >= 0.3 is 0 Å². The molecule has 1 aromatic heterocycles. The predicted octanol–water partition coefficient (Wildman–Crippen LogP) is 2.19. The molecule has 0 unspecified atom stereocenters. The van der Waals surface area contributed by atoms with Gasteiger partial charge in [-0.05, 0) is 41.9 Å². The van der Waals surface area contributed by atoms with Crippen LogP contribution in [0, 0.1) is 0 Å². The lowest BCUT2D eigenvalue weighted by atomic mass is 10.2. The maximum absolute atomic E-state index is 8.53.